The molecule has 2 aliphatic carbocycles. The van der Waals surface area contributed by atoms with Crippen LogP contribution in [0.3, 0.4) is 0 Å². The van der Waals surface area contributed by atoms with Crippen molar-refractivity contribution in [1.82, 2.24) is 0 Å². The molecule has 0 radical (unpaired) electrons. The first kappa shape index (κ1) is 7.79. The monoisotopic (exact) mass is 163 g/mol. The van der Waals surface area contributed by atoms with Crippen molar-refractivity contribution in [2.24, 2.45) is 11.3 Å². The summed E-state index contributed by atoms with van der Waals surface area (Å²) in [4.78, 5) is 11.6. The summed E-state index contributed by atoms with van der Waals surface area (Å²) in [7, 11) is 0. The van der Waals surface area contributed by atoms with E-state index in [1.54, 1.807) is 0 Å². The van der Waals surface area contributed by atoms with Crippen molar-refractivity contribution in [2.45, 2.75) is 38.5 Å². The van der Waals surface area contributed by atoms with E-state index in [1.807, 2.05) is 0 Å². The van der Waals surface area contributed by atoms with E-state index in [-0.39, 0.29) is 5.78 Å². The molecule has 0 heterocycles. The molecular formula is C10H13NO. The van der Waals surface area contributed by atoms with Crippen LogP contribution in [0.15, 0.2) is 0 Å². The van der Waals surface area contributed by atoms with Gasteiger partial charge in [0.15, 0.2) is 5.78 Å². The van der Waals surface area contributed by atoms with Crippen molar-refractivity contribution in [3.8, 4) is 6.07 Å². The van der Waals surface area contributed by atoms with Gasteiger partial charge in [-0.2, -0.15) is 5.26 Å². The summed E-state index contributed by atoms with van der Waals surface area (Å²) in [6, 6.07) is 2.28. The fraction of sp³-hybridized carbons (Fsp3) is 0.800. The number of hydrogen-bond donors (Lipinski definition) is 0. The van der Waals surface area contributed by atoms with Crippen LogP contribution in [0.2, 0.25) is 0 Å². The van der Waals surface area contributed by atoms with Gasteiger partial charge in [0.25, 0.3) is 0 Å². The fourth-order valence-electron chi connectivity index (χ4n) is 2.78. The molecule has 0 amide bonds. The summed E-state index contributed by atoms with van der Waals surface area (Å²) >= 11 is 0. The SMILES string of the molecule is N#C[C@]12CCC[C@@H]1CCCC2=O. The molecule has 2 aliphatic rings. The zero-order valence-electron chi connectivity index (χ0n) is 7.18. The van der Waals surface area contributed by atoms with E-state index in [2.05, 4.69) is 6.07 Å². The molecule has 2 nitrogen and oxygen atoms in total. The molecule has 0 aromatic carbocycles. The van der Waals surface area contributed by atoms with Crippen LogP contribution in [0.25, 0.3) is 0 Å². The molecule has 0 N–H and O–H groups in total. The molecule has 2 atom stereocenters. The molecule has 0 aromatic rings. The Balaban J connectivity index is 2.34. The second-order valence-corrected chi connectivity index (χ2v) is 3.99. The maximum atomic E-state index is 11.6. The Bertz CT molecular complexity index is 253. The molecule has 2 saturated carbocycles. The second kappa shape index (κ2) is 2.58. The van der Waals surface area contributed by atoms with E-state index >= 15 is 0 Å². The van der Waals surface area contributed by atoms with Crippen LogP contribution in [0, 0.1) is 22.7 Å². The summed E-state index contributed by atoms with van der Waals surface area (Å²) in [6.07, 6.45) is 5.74. The minimum Gasteiger partial charge on any atom is -0.298 e. The van der Waals surface area contributed by atoms with Crippen LogP contribution >= 0.6 is 0 Å². The molecule has 0 aromatic heterocycles. The first-order valence-corrected chi connectivity index (χ1v) is 4.74. The third-order valence-electron chi connectivity index (χ3n) is 3.47. The summed E-state index contributed by atoms with van der Waals surface area (Å²) in [6.45, 7) is 0. The maximum Gasteiger partial charge on any atom is 0.153 e. The number of nitrogens with zero attached hydrogens (tertiary/aromatic N) is 1. The Morgan fingerprint density at radius 3 is 2.83 bits per heavy atom. The average Bonchev–Trinajstić information content (AvgIpc) is 2.50. The van der Waals surface area contributed by atoms with Crippen LogP contribution < -0.4 is 0 Å². The van der Waals surface area contributed by atoms with Crippen molar-refractivity contribution in [3.05, 3.63) is 0 Å². The molecule has 64 valence electrons. The molecule has 0 unspecified atom stereocenters. The first-order valence-electron chi connectivity index (χ1n) is 4.74. The van der Waals surface area contributed by atoms with Gasteiger partial charge in [0, 0.05) is 6.42 Å². The van der Waals surface area contributed by atoms with Gasteiger partial charge in [0.1, 0.15) is 5.41 Å². The predicted molar refractivity (Wildman–Crippen MR) is 44.2 cm³/mol. The quantitative estimate of drug-likeness (QED) is 0.548. The van der Waals surface area contributed by atoms with E-state index in [1.165, 1.54) is 0 Å². The molecule has 2 heteroatoms. The summed E-state index contributed by atoms with van der Waals surface area (Å²) in [5.41, 5.74) is -0.543. The van der Waals surface area contributed by atoms with Gasteiger partial charge in [-0.25, -0.2) is 0 Å². The Morgan fingerprint density at radius 1 is 1.42 bits per heavy atom. The number of rotatable bonds is 0. The zero-order chi connectivity index (χ0) is 8.60. The lowest BCUT2D eigenvalue weighted by molar-refractivity contribution is -0.129. The summed E-state index contributed by atoms with van der Waals surface area (Å²) in [5, 5.41) is 9.05. The number of fused-ring (bicyclic) bond motifs is 1. The number of nitriles is 1. The molecule has 2 fully saturated rings. The Labute approximate surface area is 72.6 Å². The molecule has 0 spiro atoms. The third-order valence-corrected chi connectivity index (χ3v) is 3.47. The van der Waals surface area contributed by atoms with Gasteiger partial charge in [-0.15, -0.1) is 0 Å². The number of Topliss-reactive ketones (excluding diaryl/α,β-unsaturated/α-hetero) is 1. The Morgan fingerprint density at radius 2 is 2.17 bits per heavy atom. The van der Waals surface area contributed by atoms with Crippen LogP contribution in [0.1, 0.15) is 38.5 Å². The van der Waals surface area contributed by atoms with E-state index in [0.29, 0.717) is 12.3 Å². The van der Waals surface area contributed by atoms with Crippen molar-refractivity contribution in [2.75, 3.05) is 0 Å². The van der Waals surface area contributed by atoms with Crippen molar-refractivity contribution < 1.29 is 4.79 Å². The van der Waals surface area contributed by atoms with E-state index in [0.717, 1.165) is 32.1 Å². The van der Waals surface area contributed by atoms with Crippen LogP contribution in [0.4, 0.5) is 0 Å². The van der Waals surface area contributed by atoms with Crippen molar-refractivity contribution in [3.63, 3.8) is 0 Å². The predicted octanol–water partition coefficient (Wildman–Crippen LogP) is 2.05. The lowest BCUT2D eigenvalue weighted by Crippen LogP contribution is -2.36. The molecular weight excluding hydrogens is 150 g/mol. The smallest absolute Gasteiger partial charge is 0.153 e. The van der Waals surface area contributed by atoms with Crippen LogP contribution in [0.5, 0.6) is 0 Å². The zero-order valence-corrected chi connectivity index (χ0v) is 7.18. The highest BCUT2D eigenvalue weighted by Gasteiger charge is 2.50. The summed E-state index contributed by atoms with van der Waals surface area (Å²) < 4.78 is 0. The minimum absolute atomic E-state index is 0.221. The number of hydrogen-bond acceptors (Lipinski definition) is 2. The van der Waals surface area contributed by atoms with E-state index in [9.17, 15) is 4.79 Å². The van der Waals surface area contributed by atoms with Crippen LogP contribution in [-0.2, 0) is 4.79 Å². The highest BCUT2D eigenvalue weighted by molar-refractivity contribution is 5.88. The van der Waals surface area contributed by atoms with Gasteiger partial charge in [0.05, 0.1) is 6.07 Å². The number of carbonyl (C=O) groups is 1. The fourth-order valence-corrected chi connectivity index (χ4v) is 2.78. The molecule has 2 rings (SSSR count). The highest BCUT2D eigenvalue weighted by Crippen LogP contribution is 2.49. The first-order chi connectivity index (χ1) is 5.79. The van der Waals surface area contributed by atoms with E-state index < -0.39 is 5.41 Å². The number of carbonyl (C=O) groups excluding carboxylic acids is 1. The lowest BCUT2D eigenvalue weighted by Gasteiger charge is -2.31. The lowest BCUT2D eigenvalue weighted by atomic mass is 9.68. The largest absolute Gasteiger partial charge is 0.298 e. The standard InChI is InChI=1S/C10H13NO/c11-7-10-6-2-4-8(10)3-1-5-9(10)12/h8H,1-6H2/t8-,10+/m0/s1. The topological polar surface area (TPSA) is 40.9 Å². The Hall–Kier alpha value is -0.840. The third kappa shape index (κ3) is 0.827. The minimum atomic E-state index is -0.543. The molecule has 12 heavy (non-hydrogen) atoms. The molecule has 0 aliphatic heterocycles. The Kier molecular flexibility index (Phi) is 1.68. The van der Waals surface area contributed by atoms with E-state index in [4.69, 9.17) is 5.26 Å². The molecule has 0 bridgehead atoms. The van der Waals surface area contributed by atoms with Gasteiger partial charge in [-0.3, -0.25) is 4.79 Å². The van der Waals surface area contributed by atoms with Crippen LogP contribution in [-0.4, -0.2) is 5.78 Å². The highest BCUT2D eigenvalue weighted by atomic mass is 16.1. The van der Waals surface area contributed by atoms with Crippen molar-refractivity contribution >= 4 is 5.78 Å². The average molecular weight is 163 g/mol. The second-order valence-electron chi connectivity index (χ2n) is 3.99. The normalized spacial score (nSPS) is 40.6. The van der Waals surface area contributed by atoms with Gasteiger partial charge >= 0.3 is 0 Å². The van der Waals surface area contributed by atoms with Crippen molar-refractivity contribution in [1.29, 1.82) is 5.26 Å². The van der Waals surface area contributed by atoms with Gasteiger partial charge in [-0.05, 0) is 31.6 Å². The maximum absolute atomic E-state index is 11.6. The van der Waals surface area contributed by atoms with Gasteiger partial charge in [0.2, 0.25) is 0 Å². The summed E-state index contributed by atoms with van der Waals surface area (Å²) in [5.74, 6) is 0.613. The molecule has 0 saturated heterocycles. The number of ketones is 1. The van der Waals surface area contributed by atoms with Gasteiger partial charge < -0.3 is 0 Å². The van der Waals surface area contributed by atoms with Gasteiger partial charge in [-0.1, -0.05) is 6.42 Å².